The summed E-state index contributed by atoms with van der Waals surface area (Å²) in [6.45, 7) is 1.85. The minimum atomic E-state index is -1.47. The van der Waals surface area contributed by atoms with Crippen molar-refractivity contribution in [2.45, 2.75) is 31.7 Å². The average Bonchev–Trinajstić information content (AvgIpc) is 3.02. The molecule has 2 aliphatic heterocycles. The van der Waals surface area contributed by atoms with Crippen LogP contribution in [0.4, 0.5) is 0 Å². The quantitative estimate of drug-likeness (QED) is 0.694. The third kappa shape index (κ3) is 2.29. The van der Waals surface area contributed by atoms with E-state index in [1.54, 1.807) is 18.2 Å². The van der Waals surface area contributed by atoms with Gasteiger partial charge in [-0.1, -0.05) is 22.9 Å². The van der Waals surface area contributed by atoms with Gasteiger partial charge in [0, 0.05) is 28.9 Å². The fraction of sp³-hybridized carbons (Fsp3) is 0.556. The molecule has 2 amide bonds. The topological polar surface area (TPSA) is 87.1 Å². The third-order valence-electron chi connectivity index (χ3n) is 6.11. The van der Waals surface area contributed by atoms with E-state index in [0.717, 1.165) is 4.47 Å². The number of carbonyl (C=O) groups excluding carboxylic acids is 2. The molecule has 1 aliphatic carbocycles. The SMILES string of the molecule is C[C@H]1C[C@@H]2C(=O)N(C)C(=O)[C@@H]2[C@@H]2C[C@@H](c3cc(Br)ccc3O)O[C@]12O. The van der Waals surface area contributed by atoms with Gasteiger partial charge in [-0.3, -0.25) is 14.5 Å². The maximum atomic E-state index is 12.6. The van der Waals surface area contributed by atoms with Gasteiger partial charge in [-0.05, 0) is 31.0 Å². The molecule has 3 aliphatic rings. The number of nitrogens with zero attached hydrogens (tertiary/aromatic N) is 1. The van der Waals surface area contributed by atoms with Crippen molar-refractivity contribution in [3.05, 3.63) is 28.2 Å². The zero-order valence-electron chi connectivity index (χ0n) is 14.0. The molecule has 3 fully saturated rings. The lowest BCUT2D eigenvalue weighted by atomic mass is 9.65. The summed E-state index contributed by atoms with van der Waals surface area (Å²) in [6, 6.07) is 5.05. The number of rotatable bonds is 1. The van der Waals surface area contributed by atoms with Crippen LogP contribution in [0.25, 0.3) is 0 Å². The van der Waals surface area contributed by atoms with Crippen LogP contribution in [0.5, 0.6) is 5.75 Å². The number of aromatic hydroxyl groups is 1. The molecule has 1 aromatic rings. The first-order valence-corrected chi connectivity index (χ1v) is 9.23. The van der Waals surface area contributed by atoms with E-state index in [2.05, 4.69) is 15.9 Å². The molecule has 1 aromatic carbocycles. The molecule has 4 rings (SSSR count). The maximum Gasteiger partial charge on any atom is 0.233 e. The van der Waals surface area contributed by atoms with Crippen molar-refractivity contribution in [2.75, 3.05) is 7.05 Å². The maximum absolute atomic E-state index is 12.6. The first-order chi connectivity index (χ1) is 11.7. The number of phenolic OH excluding ortho intramolecular Hbond substituents is 1. The second-order valence-corrected chi connectivity index (χ2v) is 8.32. The lowest BCUT2D eigenvalue weighted by Gasteiger charge is -2.43. The van der Waals surface area contributed by atoms with Crippen LogP contribution >= 0.6 is 15.9 Å². The number of hydrogen-bond donors (Lipinski definition) is 2. The molecule has 0 spiro atoms. The zero-order valence-corrected chi connectivity index (χ0v) is 15.6. The van der Waals surface area contributed by atoms with E-state index in [4.69, 9.17) is 4.74 Å². The Labute approximate surface area is 153 Å². The Morgan fingerprint density at radius 1 is 1.28 bits per heavy atom. The van der Waals surface area contributed by atoms with Crippen LogP contribution in [0.2, 0.25) is 0 Å². The molecule has 2 N–H and O–H groups in total. The van der Waals surface area contributed by atoms with Gasteiger partial charge in [0.15, 0.2) is 5.79 Å². The van der Waals surface area contributed by atoms with Crippen LogP contribution in [-0.4, -0.2) is 39.8 Å². The van der Waals surface area contributed by atoms with Gasteiger partial charge < -0.3 is 14.9 Å². The number of benzene rings is 1. The Morgan fingerprint density at radius 3 is 2.72 bits per heavy atom. The van der Waals surface area contributed by atoms with Gasteiger partial charge in [0.05, 0.1) is 17.9 Å². The van der Waals surface area contributed by atoms with E-state index in [-0.39, 0.29) is 23.5 Å². The summed E-state index contributed by atoms with van der Waals surface area (Å²) in [7, 11) is 1.50. The van der Waals surface area contributed by atoms with Crippen molar-refractivity contribution >= 4 is 27.7 Å². The first kappa shape index (κ1) is 17.0. The fourth-order valence-corrected chi connectivity index (χ4v) is 5.16. The predicted octanol–water partition coefficient (Wildman–Crippen LogP) is 2.19. The highest BCUT2D eigenvalue weighted by atomic mass is 79.9. The highest BCUT2D eigenvalue weighted by Gasteiger charge is 2.65. The molecule has 25 heavy (non-hydrogen) atoms. The van der Waals surface area contributed by atoms with Crippen LogP contribution in [0.1, 0.15) is 31.4 Å². The highest BCUT2D eigenvalue weighted by Crippen LogP contribution is 2.58. The molecule has 6 nitrogen and oxygen atoms in total. The van der Waals surface area contributed by atoms with Crippen molar-refractivity contribution in [2.24, 2.45) is 23.7 Å². The van der Waals surface area contributed by atoms with Crippen molar-refractivity contribution in [1.29, 1.82) is 0 Å². The minimum absolute atomic E-state index is 0.0885. The van der Waals surface area contributed by atoms with E-state index in [0.29, 0.717) is 18.4 Å². The molecule has 0 radical (unpaired) electrons. The Kier molecular flexibility index (Phi) is 3.76. The molecule has 0 bridgehead atoms. The Hall–Kier alpha value is -1.44. The molecule has 1 saturated carbocycles. The summed E-state index contributed by atoms with van der Waals surface area (Å²) >= 11 is 3.38. The van der Waals surface area contributed by atoms with E-state index in [9.17, 15) is 19.8 Å². The standard InChI is InChI=1S/C18H20BrNO5/c1-8-5-11-15(17(23)20(2)16(11)22)12-7-14(25-18(8,12)24)10-6-9(19)3-4-13(10)21/h3-4,6,8,11-12,14-15,21,24H,5,7H2,1-2H3/t8-,11-,12-,14-,15-,18+/m0/s1. The van der Waals surface area contributed by atoms with Crippen LogP contribution in [-0.2, 0) is 14.3 Å². The number of imide groups is 1. The second kappa shape index (κ2) is 5.53. The van der Waals surface area contributed by atoms with E-state index < -0.39 is 29.6 Å². The fourth-order valence-electron chi connectivity index (χ4n) is 4.78. The number of ether oxygens (including phenoxy) is 1. The summed E-state index contributed by atoms with van der Waals surface area (Å²) in [5.74, 6) is -3.49. The van der Waals surface area contributed by atoms with Crippen LogP contribution in [0.3, 0.4) is 0 Å². The highest BCUT2D eigenvalue weighted by molar-refractivity contribution is 9.10. The monoisotopic (exact) mass is 409 g/mol. The van der Waals surface area contributed by atoms with Crippen LogP contribution < -0.4 is 0 Å². The summed E-state index contributed by atoms with van der Waals surface area (Å²) < 4.78 is 6.80. The summed E-state index contributed by atoms with van der Waals surface area (Å²) in [5.41, 5.74) is 0.575. The van der Waals surface area contributed by atoms with Crippen molar-refractivity contribution in [3.63, 3.8) is 0 Å². The van der Waals surface area contributed by atoms with E-state index in [1.165, 1.54) is 11.9 Å². The molecule has 7 heteroatoms. The molecular weight excluding hydrogens is 390 g/mol. The molecule has 6 atom stereocenters. The van der Waals surface area contributed by atoms with Crippen molar-refractivity contribution in [3.8, 4) is 5.75 Å². The molecule has 134 valence electrons. The number of halogens is 1. The molecule has 2 saturated heterocycles. The third-order valence-corrected chi connectivity index (χ3v) is 6.60. The molecule has 0 unspecified atom stereocenters. The van der Waals surface area contributed by atoms with Crippen molar-refractivity contribution < 1.29 is 24.5 Å². The zero-order chi connectivity index (χ0) is 18.1. The average molecular weight is 410 g/mol. The molecule has 0 aromatic heterocycles. The van der Waals surface area contributed by atoms with Gasteiger partial charge >= 0.3 is 0 Å². The number of hydrogen-bond acceptors (Lipinski definition) is 5. The number of aliphatic hydroxyl groups is 1. The van der Waals surface area contributed by atoms with Gasteiger partial charge in [-0.15, -0.1) is 0 Å². The van der Waals surface area contributed by atoms with E-state index in [1.807, 2.05) is 6.92 Å². The van der Waals surface area contributed by atoms with Gasteiger partial charge in [0.1, 0.15) is 5.75 Å². The van der Waals surface area contributed by atoms with Crippen LogP contribution in [0, 0.1) is 23.7 Å². The second-order valence-electron chi connectivity index (χ2n) is 7.41. The summed E-state index contributed by atoms with van der Waals surface area (Å²) in [5, 5.41) is 21.4. The minimum Gasteiger partial charge on any atom is -0.508 e. The van der Waals surface area contributed by atoms with Gasteiger partial charge in [0.2, 0.25) is 11.8 Å². The van der Waals surface area contributed by atoms with Gasteiger partial charge in [0.25, 0.3) is 0 Å². The number of phenols is 1. The van der Waals surface area contributed by atoms with Crippen LogP contribution in [0.15, 0.2) is 22.7 Å². The lowest BCUT2D eigenvalue weighted by Crippen LogP contribution is -2.52. The Morgan fingerprint density at radius 2 is 2.00 bits per heavy atom. The summed E-state index contributed by atoms with van der Waals surface area (Å²) in [4.78, 5) is 26.1. The molecular formula is C18H20BrNO5. The first-order valence-electron chi connectivity index (χ1n) is 8.44. The lowest BCUT2D eigenvalue weighted by molar-refractivity contribution is -0.265. The number of fused-ring (bicyclic) bond motifs is 3. The number of amides is 2. The normalized spacial score (nSPS) is 40.3. The Balaban J connectivity index is 1.73. The predicted molar refractivity (Wildman–Crippen MR) is 91.2 cm³/mol. The molecule has 2 heterocycles. The van der Waals surface area contributed by atoms with Gasteiger partial charge in [-0.25, -0.2) is 0 Å². The van der Waals surface area contributed by atoms with Crippen molar-refractivity contribution in [1.82, 2.24) is 4.90 Å². The smallest absolute Gasteiger partial charge is 0.233 e. The Bertz CT molecular complexity index is 768. The van der Waals surface area contributed by atoms with E-state index >= 15 is 0 Å². The summed E-state index contributed by atoms with van der Waals surface area (Å²) in [6.07, 6.45) is 0.283. The number of carbonyl (C=O) groups is 2. The largest absolute Gasteiger partial charge is 0.508 e. The van der Waals surface area contributed by atoms with Gasteiger partial charge in [-0.2, -0.15) is 0 Å². The number of likely N-dealkylation sites (tertiary alicyclic amines) is 1.